The Morgan fingerprint density at radius 3 is 2.29 bits per heavy atom. The number of ether oxygens (including phenoxy) is 2. The highest BCUT2D eigenvalue weighted by atomic mass is 31.2. The summed E-state index contributed by atoms with van der Waals surface area (Å²) in [6.07, 6.45) is 0. The van der Waals surface area contributed by atoms with Gasteiger partial charge < -0.3 is 24.3 Å². The van der Waals surface area contributed by atoms with Crippen LogP contribution in [0.15, 0.2) is 66.7 Å². The molecule has 3 aromatic carbocycles. The van der Waals surface area contributed by atoms with Crippen LogP contribution in [-0.4, -0.2) is 45.4 Å². The van der Waals surface area contributed by atoms with Crippen LogP contribution in [0.25, 0.3) is 32.7 Å². The van der Waals surface area contributed by atoms with Crippen LogP contribution in [0.4, 0.5) is 5.82 Å². The van der Waals surface area contributed by atoms with Gasteiger partial charge >= 0.3 is 13.7 Å². The number of nitrogen functional groups attached to an aromatic ring is 1. The molecule has 1 unspecified atom stereocenters. The van der Waals surface area contributed by atoms with Crippen LogP contribution < -0.4 is 15.3 Å². The quantitative estimate of drug-likeness (QED) is 0.0866. The number of carbonyl (C=O) groups is 1. The van der Waals surface area contributed by atoms with Gasteiger partial charge in [-0.2, -0.15) is 5.09 Å². The first-order valence-corrected chi connectivity index (χ1v) is 18.3. The zero-order valence-electron chi connectivity index (χ0n) is 29.6. The Hall–Kier alpha value is -4.02. The molecule has 0 saturated carbocycles. The summed E-state index contributed by atoms with van der Waals surface area (Å²) in [7, 11) is -4.28. The van der Waals surface area contributed by atoms with Gasteiger partial charge in [0.2, 0.25) is 0 Å². The van der Waals surface area contributed by atoms with E-state index < -0.39 is 31.4 Å². The second-order valence-corrected chi connectivity index (χ2v) is 15.5. The van der Waals surface area contributed by atoms with Crippen molar-refractivity contribution in [1.29, 1.82) is 0 Å². The number of nitrogens with one attached hydrogen (secondary N) is 1. The van der Waals surface area contributed by atoms with E-state index in [2.05, 4.69) is 28.5 Å². The van der Waals surface area contributed by atoms with Gasteiger partial charge in [0.05, 0.1) is 23.7 Å². The highest BCUT2D eigenvalue weighted by molar-refractivity contribution is 7.52. The van der Waals surface area contributed by atoms with E-state index in [4.69, 9.17) is 29.2 Å². The number of imidazole rings is 1. The Bertz CT molecular complexity index is 1980. The van der Waals surface area contributed by atoms with Gasteiger partial charge in [-0.3, -0.25) is 9.32 Å². The minimum Gasteiger partial charge on any atom is -0.459 e. The number of aromatic nitrogens is 3. The molecule has 3 N–H and O–H groups in total. The number of esters is 1. The lowest BCUT2D eigenvalue weighted by Crippen LogP contribution is -2.44. The van der Waals surface area contributed by atoms with Crippen molar-refractivity contribution in [1.82, 2.24) is 19.6 Å². The van der Waals surface area contributed by atoms with E-state index in [1.807, 2.05) is 81.4 Å². The number of hydrogen-bond acceptors (Lipinski definition) is 9. The minimum atomic E-state index is -4.28. The molecule has 5 rings (SSSR count). The lowest BCUT2D eigenvalue weighted by Gasteiger charge is -2.31. The third kappa shape index (κ3) is 8.24. The van der Waals surface area contributed by atoms with Crippen molar-refractivity contribution in [3.63, 3.8) is 0 Å². The molecule has 0 aliphatic heterocycles. The highest BCUT2D eigenvalue weighted by Crippen LogP contribution is 2.49. The maximum atomic E-state index is 15.1. The lowest BCUT2D eigenvalue weighted by molar-refractivity contribution is -0.158. The van der Waals surface area contributed by atoms with Gasteiger partial charge in [0.15, 0.2) is 5.82 Å². The number of para-hydroxylation sites is 1. The van der Waals surface area contributed by atoms with Crippen LogP contribution in [0.3, 0.4) is 0 Å². The Balaban J connectivity index is 1.60. The Morgan fingerprint density at radius 2 is 1.61 bits per heavy atom. The molecule has 2 heterocycles. The molecule has 0 spiro atoms. The molecule has 0 saturated heterocycles. The number of nitrogens with two attached hydrogens (primary N) is 1. The van der Waals surface area contributed by atoms with Gasteiger partial charge in [-0.05, 0) is 57.0 Å². The molecule has 0 amide bonds. The first kappa shape index (κ1) is 36.3. The van der Waals surface area contributed by atoms with E-state index in [1.54, 1.807) is 26.8 Å². The molecule has 0 aliphatic carbocycles. The fourth-order valence-electron chi connectivity index (χ4n) is 5.77. The molecule has 12 heteroatoms. The first-order chi connectivity index (χ1) is 23.2. The van der Waals surface area contributed by atoms with E-state index in [0.29, 0.717) is 29.5 Å². The molecule has 49 heavy (non-hydrogen) atoms. The van der Waals surface area contributed by atoms with Crippen LogP contribution >= 0.6 is 7.75 Å². The molecule has 2 aromatic heterocycles. The van der Waals surface area contributed by atoms with Gasteiger partial charge in [-0.25, -0.2) is 14.5 Å². The number of benzene rings is 3. The highest BCUT2D eigenvalue weighted by Gasteiger charge is 2.39. The van der Waals surface area contributed by atoms with E-state index in [-0.39, 0.29) is 25.0 Å². The van der Waals surface area contributed by atoms with Crippen LogP contribution in [0, 0.1) is 11.8 Å². The third-order valence-corrected chi connectivity index (χ3v) is 9.69. The summed E-state index contributed by atoms with van der Waals surface area (Å²) in [5.74, 6) is 0.400. The van der Waals surface area contributed by atoms with Crippen molar-refractivity contribution in [2.75, 3.05) is 18.9 Å². The fourth-order valence-corrected chi connectivity index (χ4v) is 7.46. The Labute approximate surface area is 288 Å². The number of rotatable bonds is 14. The molecule has 0 bridgehead atoms. The van der Waals surface area contributed by atoms with Crippen molar-refractivity contribution < 1.29 is 27.9 Å². The van der Waals surface area contributed by atoms with E-state index >= 15 is 4.57 Å². The third-order valence-electron chi connectivity index (χ3n) is 8.17. The fraction of sp³-hybridized carbons (Fsp3) is 0.432. The smallest absolute Gasteiger partial charge is 0.459 e. The zero-order valence-corrected chi connectivity index (χ0v) is 30.5. The summed E-state index contributed by atoms with van der Waals surface area (Å²) in [6.45, 7) is 15.7. The van der Waals surface area contributed by atoms with Gasteiger partial charge in [0.1, 0.15) is 35.3 Å². The number of fused-ring (bicyclic) bond motifs is 4. The van der Waals surface area contributed by atoms with Crippen LogP contribution in [0.5, 0.6) is 5.75 Å². The number of anilines is 1. The molecule has 5 aromatic rings. The maximum Gasteiger partial charge on any atom is 0.459 e. The maximum absolute atomic E-state index is 15.1. The van der Waals surface area contributed by atoms with Crippen LogP contribution in [0.1, 0.15) is 67.3 Å². The molecule has 262 valence electrons. The normalized spacial score (nSPS) is 14.8. The monoisotopic (exact) mass is 689 g/mol. The summed E-state index contributed by atoms with van der Waals surface area (Å²) < 4.78 is 41.4. The average molecular weight is 690 g/mol. The predicted octanol–water partition coefficient (Wildman–Crippen LogP) is 8.21. The molecule has 0 fully saturated rings. The average Bonchev–Trinajstić information content (AvgIpc) is 3.42. The summed E-state index contributed by atoms with van der Waals surface area (Å²) in [5, 5.41) is 5.51. The molecule has 11 nitrogen and oxygen atoms in total. The summed E-state index contributed by atoms with van der Waals surface area (Å²) in [4.78, 5) is 23.0. The van der Waals surface area contributed by atoms with Crippen molar-refractivity contribution >= 4 is 52.2 Å². The number of pyridine rings is 1. The van der Waals surface area contributed by atoms with E-state index in [9.17, 15) is 4.79 Å². The van der Waals surface area contributed by atoms with E-state index in [0.717, 1.165) is 27.2 Å². The van der Waals surface area contributed by atoms with Gasteiger partial charge in [-0.1, -0.05) is 82.3 Å². The lowest BCUT2D eigenvalue weighted by atomic mass is 10.0. The largest absolute Gasteiger partial charge is 0.459 e. The number of hydrogen-bond donors (Lipinski definition) is 2. The van der Waals surface area contributed by atoms with Gasteiger partial charge in [0.25, 0.3) is 0 Å². The van der Waals surface area contributed by atoms with Crippen molar-refractivity contribution in [2.24, 2.45) is 11.8 Å². The number of carbonyl (C=O) groups excluding carboxylic acids is 1. The van der Waals surface area contributed by atoms with Crippen LogP contribution in [-0.2, 0) is 30.0 Å². The van der Waals surface area contributed by atoms with Crippen molar-refractivity contribution in [2.45, 2.75) is 79.7 Å². The van der Waals surface area contributed by atoms with E-state index in [1.165, 1.54) is 0 Å². The van der Waals surface area contributed by atoms with Crippen molar-refractivity contribution in [3.05, 3.63) is 72.6 Å². The molecular weight excluding hydrogens is 641 g/mol. The topological polar surface area (TPSA) is 140 Å². The zero-order chi connectivity index (χ0) is 35.5. The Morgan fingerprint density at radius 1 is 0.939 bits per heavy atom. The minimum absolute atomic E-state index is 0.0383. The number of nitrogens with zero attached hydrogens (tertiary/aromatic N) is 3. The standard InChI is InChI=1S/C37H48N5O6P/c1-9-45-22-31-40-33-34(27-18-12-13-19-28(27)39-35(33)38)42(31)29(23(2)3)21-46-49(44,41-32(24(4)5)36(43)47-37(6,7)8)48-30-20-14-16-25-15-10-11-17-26(25)30/h10-20,23-24,29,32H,9,21-22H2,1-8H3,(H2,38,39)(H,41,44)/t29-,32+,49?/m1/s1. The molecule has 0 aliphatic rings. The predicted molar refractivity (Wildman–Crippen MR) is 194 cm³/mol. The molecule has 3 atom stereocenters. The summed E-state index contributed by atoms with van der Waals surface area (Å²) in [5.41, 5.74) is 7.77. The second kappa shape index (κ2) is 14.8. The van der Waals surface area contributed by atoms with Gasteiger partial charge in [-0.15, -0.1) is 0 Å². The SMILES string of the molecule is CCOCc1nc2c(N)nc3ccccc3c2n1[C@H](COP(=O)(N[C@H](C(=O)OC(C)(C)C)C(C)C)Oc1cccc2ccccc12)C(C)C. The van der Waals surface area contributed by atoms with Crippen molar-refractivity contribution in [3.8, 4) is 5.75 Å². The molecule has 0 radical (unpaired) electrons. The summed E-state index contributed by atoms with van der Waals surface area (Å²) >= 11 is 0. The van der Waals surface area contributed by atoms with Crippen LogP contribution in [0.2, 0.25) is 0 Å². The van der Waals surface area contributed by atoms with Gasteiger partial charge in [0, 0.05) is 17.4 Å². The molecular formula is C37H48N5O6P. The summed E-state index contributed by atoms with van der Waals surface area (Å²) in [6, 6.07) is 19.5. The first-order valence-electron chi connectivity index (χ1n) is 16.8. The second-order valence-electron chi connectivity index (χ2n) is 13.8. The Kier molecular flexibility index (Phi) is 11.0.